The Morgan fingerprint density at radius 3 is 0.788 bits per heavy atom. The standard InChI is InChI=1S/C52H48/c1-31(2)41-25-27-43-45(29-41)49(39-21-13-35(7)14-22-39)51-48(38-19-11-34(6)12-20-38)44-28-26-42(32(3)4)30-46(44)50(40-23-15-36(8)16-24-40)52(51)47(43)37-17-9-33(5)10-18-37/h9-32H,1-8H3. The first-order valence-corrected chi connectivity index (χ1v) is 18.9. The van der Waals surface area contributed by atoms with Crippen LogP contribution in [-0.4, -0.2) is 0 Å². The van der Waals surface area contributed by atoms with Gasteiger partial charge in [0.25, 0.3) is 0 Å². The lowest BCUT2D eigenvalue weighted by Crippen LogP contribution is -2.00. The molecule has 8 rings (SSSR count). The first-order valence-electron chi connectivity index (χ1n) is 18.9. The monoisotopic (exact) mass is 672 g/mol. The fourth-order valence-corrected chi connectivity index (χ4v) is 8.06. The van der Waals surface area contributed by atoms with Crippen molar-refractivity contribution in [3.05, 3.63) is 167 Å². The quantitative estimate of drug-likeness (QED) is 0.154. The highest BCUT2D eigenvalue weighted by Crippen LogP contribution is 2.54. The summed E-state index contributed by atoms with van der Waals surface area (Å²) >= 11 is 0. The van der Waals surface area contributed by atoms with Gasteiger partial charge in [0, 0.05) is 0 Å². The molecule has 0 saturated carbocycles. The Bertz CT molecular complexity index is 2410. The smallest absolute Gasteiger partial charge is 0.000139 e. The van der Waals surface area contributed by atoms with Gasteiger partial charge < -0.3 is 0 Å². The van der Waals surface area contributed by atoms with Crippen LogP contribution >= 0.6 is 0 Å². The number of hydrogen-bond acceptors (Lipinski definition) is 0. The third-order valence-corrected chi connectivity index (χ3v) is 11.1. The predicted molar refractivity (Wildman–Crippen MR) is 228 cm³/mol. The highest BCUT2D eigenvalue weighted by Gasteiger charge is 2.26. The molecule has 8 aromatic rings. The van der Waals surface area contributed by atoms with E-state index in [9.17, 15) is 0 Å². The van der Waals surface area contributed by atoms with Gasteiger partial charge in [-0.05, 0) is 127 Å². The molecule has 0 heterocycles. The minimum atomic E-state index is 0.402. The first kappa shape index (κ1) is 33.7. The predicted octanol–water partition coefficient (Wildman–Crippen LogP) is 15.3. The van der Waals surface area contributed by atoms with Gasteiger partial charge in [-0.15, -0.1) is 0 Å². The van der Waals surface area contributed by atoms with Gasteiger partial charge in [0.15, 0.2) is 0 Å². The molecule has 0 aliphatic heterocycles. The van der Waals surface area contributed by atoms with E-state index in [4.69, 9.17) is 0 Å². The van der Waals surface area contributed by atoms with E-state index in [1.807, 2.05) is 0 Å². The van der Waals surface area contributed by atoms with Crippen LogP contribution in [0.15, 0.2) is 133 Å². The molecule has 0 saturated heterocycles. The largest absolute Gasteiger partial charge is 0.0587 e. The van der Waals surface area contributed by atoms with E-state index >= 15 is 0 Å². The highest BCUT2D eigenvalue weighted by atomic mass is 14.3. The molecule has 0 spiro atoms. The Hall–Kier alpha value is -5.46. The van der Waals surface area contributed by atoms with Crippen LogP contribution in [0.4, 0.5) is 0 Å². The molecule has 0 unspecified atom stereocenters. The summed E-state index contributed by atoms with van der Waals surface area (Å²) in [6.45, 7) is 18.0. The van der Waals surface area contributed by atoms with Crippen LogP contribution in [0.1, 0.15) is 72.9 Å². The summed E-state index contributed by atoms with van der Waals surface area (Å²) in [5.74, 6) is 0.805. The van der Waals surface area contributed by atoms with Gasteiger partial charge in [0.2, 0.25) is 0 Å². The van der Waals surface area contributed by atoms with Crippen LogP contribution in [0, 0.1) is 27.7 Å². The van der Waals surface area contributed by atoms with E-state index in [1.54, 1.807) is 0 Å². The van der Waals surface area contributed by atoms with Crippen molar-refractivity contribution in [1.29, 1.82) is 0 Å². The second-order valence-electron chi connectivity index (χ2n) is 15.6. The molecular formula is C52H48. The summed E-state index contributed by atoms with van der Waals surface area (Å²) in [4.78, 5) is 0. The molecule has 0 nitrogen and oxygen atoms in total. The van der Waals surface area contributed by atoms with Crippen LogP contribution in [-0.2, 0) is 0 Å². The minimum Gasteiger partial charge on any atom is -0.0587 e. The van der Waals surface area contributed by atoms with E-state index in [1.165, 1.54) is 110 Å². The summed E-state index contributed by atoms with van der Waals surface area (Å²) in [5, 5.41) is 7.82. The molecule has 0 amide bonds. The van der Waals surface area contributed by atoms with Crippen LogP contribution in [0.5, 0.6) is 0 Å². The maximum atomic E-state index is 2.49. The number of benzene rings is 8. The summed E-state index contributed by atoms with van der Waals surface area (Å²) in [6.07, 6.45) is 0. The SMILES string of the molecule is Cc1ccc(-c2c3ccc(C(C)C)cc3c(-c3ccc(C)cc3)c3c(-c4ccc(C)cc4)c4ccc(C(C)C)cc4c(-c4ccc(C)cc4)c23)cc1. The molecule has 0 radical (unpaired) electrons. The zero-order valence-electron chi connectivity index (χ0n) is 31.9. The number of fused-ring (bicyclic) bond motifs is 3. The molecule has 0 fully saturated rings. The van der Waals surface area contributed by atoms with E-state index in [2.05, 4.69) is 189 Å². The van der Waals surface area contributed by atoms with Gasteiger partial charge in [0.05, 0.1) is 0 Å². The average molecular weight is 673 g/mol. The lowest BCUT2D eigenvalue weighted by Gasteiger charge is -2.26. The van der Waals surface area contributed by atoms with Crippen LogP contribution < -0.4 is 0 Å². The normalized spacial score (nSPS) is 11.8. The number of aryl methyl sites for hydroxylation is 4. The van der Waals surface area contributed by atoms with Crippen molar-refractivity contribution < 1.29 is 0 Å². The van der Waals surface area contributed by atoms with Crippen molar-refractivity contribution in [3.63, 3.8) is 0 Å². The maximum Gasteiger partial charge on any atom is -0.000139 e. The van der Waals surface area contributed by atoms with Crippen molar-refractivity contribution in [2.24, 2.45) is 0 Å². The van der Waals surface area contributed by atoms with Gasteiger partial charge in [-0.25, -0.2) is 0 Å². The zero-order valence-corrected chi connectivity index (χ0v) is 31.9. The molecule has 0 heteroatoms. The minimum absolute atomic E-state index is 0.402. The second-order valence-corrected chi connectivity index (χ2v) is 15.6. The van der Waals surface area contributed by atoms with Crippen molar-refractivity contribution in [2.45, 2.75) is 67.2 Å². The van der Waals surface area contributed by atoms with Gasteiger partial charge in [-0.1, -0.05) is 183 Å². The molecular weight excluding hydrogens is 625 g/mol. The van der Waals surface area contributed by atoms with E-state index < -0.39 is 0 Å². The van der Waals surface area contributed by atoms with E-state index in [0.29, 0.717) is 11.8 Å². The molecule has 0 aliphatic rings. The fraction of sp³-hybridized carbons (Fsp3) is 0.192. The van der Waals surface area contributed by atoms with Crippen LogP contribution in [0.3, 0.4) is 0 Å². The number of hydrogen-bond donors (Lipinski definition) is 0. The topological polar surface area (TPSA) is 0 Å². The Morgan fingerprint density at radius 2 is 0.538 bits per heavy atom. The summed E-state index contributed by atoms with van der Waals surface area (Å²) < 4.78 is 0. The summed E-state index contributed by atoms with van der Waals surface area (Å²) in [5.41, 5.74) is 18.0. The summed E-state index contributed by atoms with van der Waals surface area (Å²) in [7, 11) is 0. The van der Waals surface area contributed by atoms with Crippen molar-refractivity contribution in [2.75, 3.05) is 0 Å². The Balaban J connectivity index is 1.76. The Morgan fingerprint density at radius 1 is 0.288 bits per heavy atom. The third kappa shape index (κ3) is 5.81. The molecule has 0 atom stereocenters. The molecule has 0 aliphatic carbocycles. The first-order chi connectivity index (χ1) is 25.1. The molecule has 256 valence electrons. The molecule has 0 N–H and O–H groups in total. The summed E-state index contributed by atoms with van der Waals surface area (Å²) in [6, 6.07) is 51.4. The zero-order chi connectivity index (χ0) is 36.3. The average Bonchev–Trinajstić information content (AvgIpc) is 3.14. The highest BCUT2D eigenvalue weighted by molar-refractivity contribution is 6.34. The lowest BCUT2D eigenvalue weighted by molar-refractivity contribution is 0.869. The van der Waals surface area contributed by atoms with Crippen LogP contribution in [0.25, 0.3) is 76.8 Å². The Kier molecular flexibility index (Phi) is 8.59. The van der Waals surface area contributed by atoms with Gasteiger partial charge >= 0.3 is 0 Å². The second kappa shape index (κ2) is 13.3. The van der Waals surface area contributed by atoms with Crippen molar-refractivity contribution in [3.8, 4) is 44.5 Å². The van der Waals surface area contributed by atoms with Crippen molar-refractivity contribution >= 4 is 32.3 Å². The van der Waals surface area contributed by atoms with Crippen LogP contribution in [0.2, 0.25) is 0 Å². The molecule has 0 bridgehead atoms. The number of rotatable bonds is 6. The fourth-order valence-electron chi connectivity index (χ4n) is 8.06. The Labute approximate surface area is 309 Å². The van der Waals surface area contributed by atoms with E-state index in [0.717, 1.165) is 0 Å². The molecule has 0 aromatic heterocycles. The third-order valence-electron chi connectivity index (χ3n) is 11.1. The van der Waals surface area contributed by atoms with Gasteiger partial charge in [0.1, 0.15) is 0 Å². The van der Waals surface area contributed by atoms with Gasteiger partial charge in [-0.3, -0.25) is 0 Å². The molecule has 52 heavy (non-hydrogen) atoms. The van der Waals surface area contributed by atoms with E-state index in [-0.39, 0.29) is 0 Å². The van der Waals surface area contributed by atoms with Gasteiger partial charge in [-0.2, -0.15) is 0 Å². The lowest BCUT2D eigenvalue weighted by atomic mass is 9.76. The molecule has 8 aromatic carbocycles. The van der Waals surface area contributed by atoms with Crippen molar-refractivity contribution in [1.82, 2.24) is 0 Å². The maximum absolute atomic E-state index is 2.49.